The number of nitrogens with one attached hydrogen (secondary N) is 2. The molecule has 7 heteroatoms. The molecule has 1 amide bonds. The highest BCUT2D eigenvalue weighted by atomic mass is 32.2. The van der Waals surface area contributed by atoms with Crippen molar-refractivity contribution in [1.82, 2.24) is 14.9 Å². The van der Waals surface area contributed by atoms with Gasteiger partial charge in [-0.05, 0) is 38.6 Å². The fourth-order valence-electron chi connectivity index (χ4n) is 3.05. The molecule has 2 heterocycles. The van der Waals surface area contributed by atoms with Crippen molar-refractivity contribution < 1.29 is 13.2 Å². The molecule has 20 heavy (non-hydrogen) atoms. The Bertz CT molecular complexity index is 432. The van der Waals surface area contributed by atoms with Gasteiger partial charge in [-0.25, -0.2) is 13.1 Å². The Labute approximate surface area is 121 Å². The monoisotopic (exact) mass is 303 g/mol. The Morgan fingerprint density at radius 3 is 2.75 bits per heavy atom. The maximum Gasteiger partial charge on any atom is 0.227 e. The molecule has 0 bridgehead atoms. The molecular formula is C13H25N3O3S. The van der Waals surface area contributed by atoms with Gasteiger partial charge in [-0.2, -0.15) is 0 Å². The summed E-state index contributed by atoms with van der Waals surface area (Å²) in [7, 11) is -3.20. The lowest BCUT2D eigenvalue weighted by Crippen LogP contribution is -2.53. The van der Waals surface area contributed by atoms with Gasteiger partial charge >= 0.3 is 0 Å². The van der Waals surface area contributed by atoms with Crippen LogP contribution in [0.15, 0.2) is 0 Å². The minimum absolute atomic E-state index is 0.00732. The maximum absolute atomic E-state index is 12.6. The quantitative estimate of drug-likeness (QED) is 0.761. The second kappa shape index (κ2) is 6.87. The number of amides is 1. The van der Waals surface area contributed by atoms with Crippen molar-refractivity contribution >= 4 is 15.9 Å². The van der Waals surface area contributed by atoms with E-state index in [-0.39, 0.29) is 17.9 Å². The molecule has 0 aromatic rings. The molecule has 2 rings (SSSR count). The van der Waals surface area contributed by atoms with E-state index in [2.05, 4.69) is 10.0 Å². The highest BCUT2D eigenvalue weighted by Crippen LogP contribution is 2.21. The van der Waals surface area contributed by atoms with Gasteiger partial charge in [-0.1, -0.05) is 0 Å². The minimum Gasteiger partial charge on any atom is -0.338 e. The smallest absolute Gasteiger partial charge is 0.227 e. The zero-order chi connectivity index (χ0) is 14.6. The Kier molecular flexibility index (Phi) is 5.40. The highest BCUT2D eigenvalue weighted by Gasteiger charge is 2.32. The number of likely N-dealkylation sites (tertiary alicyclic amines) is 1. The van der Waals surface area contributed by atoms with Crippen molar-refractivity contribution in [3.8, 4) is 0 Å². The van der Waals surface area contributed by atoms with E-state index >= 15 is 0 Å². The highest BCUT2D eigenvalue weighted by molar-refractivity contribution is 7.88. The second-order valence-electron chi connectivity index (χ2n) is 5.85. The van der Waals surface area contributed by atoms with Gasteiger partial charge in [0.05, 0.1) is 12.2 Å². The van der Waals surface area contributed by atoms with Gasteiger partial charge in [0.2, 0.25) is 15.9 Å². The van der Waals surface area contributed by atoms with E-state index in [4.69, 9.17) is 0 Å². The Hall–Kier alpha value is -0.660. The molecule has 2 atom stereocenters. The topological polar surface area (TPSA) is 78.5 Å². The van der Waals surface area contributed by atoms with Gasteiger partial charge in [0.15, 0.2) is 0 Å². The molecule has 0 spiro atoms. The second-order valence-corrected chi connectivity index (χ2v) is 7.68. The van der Waals surface area contributed by atoms with Crippen LogP contribution in [0.4, 0.5) is 0 Å². The number of rotatable bonds is 4. The maximum atomic E-state index is 12.6. The number of piperidine rings is 2. The molecule has 0 aliphatic carbocycles. The van der Waals surface area contributed by atoms with Crippen molar-refractivity contribution in [3.63, 3.8) is 0 Å². The number of sulfonamides is 1. The van der Waals surface area contributed by atoms with Gasteiger partial charge in [0.25, 0.3) is 0 Å². The minimum atomic E-state index is -3.20. The number of carbonyl (C=O) groups excluding carboxylic acids is 1. The molecule has 0 aromatic carbocycles. The third kappa shape index (κ3) is 4.43. The summed E-state index contributed by atoms with van der Waals surface area (Å²) in [5, 5.41) is 3.27. The van der Waals surface area contributed by atoms with Crippen LogP contribution < -0.4 is 10.0 Å². The molecule has 6 nitrogen and oxygen atoms in total. The molecule has 2 unspecified atom stereocenters. The summed E-state index contributed by atoms with van der Waals surface area (Å²) < 4.78 is 25.0. The standard InChI is InChI=1S/C13H25N3O3S/c1-20(18,19)15-10-12-6-2-3-8-16(12)13(17)11-5-4-7-14-9-11/h11-12,14-15H,2-10H2,1H3. The van der Waals surface area contributed by atoms with Crippen LogP contribution in [0, 0.1) is 5.92 Å². The summed E-state index contributed by atoms with van der Waals surface area (Å²) >= 11 is 0. The van der Waals surface area contributed by atoms with Gasteiger partial charge in [0, 0.05) is 25.7 Å². The lowest BCUT2D eigenvalue weighted by Gasteiger charge is -2.38. The predicted molar refractivity (Wildman–Crippen MR) is 77.8 cm³/mol. The number of hydrogen-bond donors (Lipinski definition) is 2. The predicted octanol–water partition coefficient (Wildman–Crippen LogP) is -0.0837. The fraction of sp³-hybridized carbons (Fsp3) is 0.923. The van der Waals surface area contributed by atoms with Crippen LogP contribution in [0.5, 0.6) is 0 Å². The molecular weight excluding hydrogens is 278 g/mol. The van der Waals surface area contributed by atoms with E-state index < -0.39 is 10.0 Å². The average molecular weight is 303 g/mol. The zero-order valence-corrected chi connectivity index (χ0v) is 12.9. The van der Waals surface area contributed by atoms with Crippen LogP contribution in [0.1, 0.15) is 32.1 Å². The van der Waals surface area contributed by atoms with Gasteiger partial charge in [-0.3, -0.25) is 4.79 Å². The van der Waals surface area contributed by atoms with E-state index in [1.165, 1.54) is 0 Å². The first-order valence-corrected chi connectivity index (χ1v) is 9.32. The summed E-state index contributed by atoms with van der Waals surface area (Å²) in [5.41, 5.74) is 0. The van der Waals surface area contributed by atoms with Crippen LogP contribution in [-0.2, 0) is 14.8 Å². The summed E-state index contributed by atoms with van der Waals surface area (Å²) in [5.74, 6) is 0.250. The first kappa shape index (κ1) is 15.7. The van der Waals surface area contributed by atoms with Gasteiger partial charge in [0.1, 0.15) is 0 Å². The molecule has 116 valence electrons. The van der Waals surface area contributed by atoms with Gasteiger partial charge in [-0.15, -0.1) is 0 Å². The first-order valence-electron chi connectivity index (χ1n) is 7.43. The third-order valence-electron chi connectivity index (χ3n) is 4.14. The Morgan fingerprint density at radius 1 is 1.30 bits per heavy atom. The average Bonchev–Trinajstić information content (AvgIpc) is 2.45. The molecule has 2 saturated heterocycles. The molecule has 2 fully saturated rings. The number of nitrogens with zero attached hydrogens (tertiary/aromatic N) is 1. The summed E-state index contributed by atoms with van der Waals surface area (Å²) in [6.07, 6.45) is 6.09. The van der Waals surface area contributed by atoms with Crippen LogP contribution in [0.25, 0.3) is 0 Å². The van der Waals surface area contributed by atoms with E-state index in [1.807, 2.05) is 4.90 Å². The van der Waals surface area contributed by atoms with Crippen molar-refractivity contribution in [3.05, 3.63) is 0 Å². The van der Waals surface area contributed by atoms with Crippen LogP contribution in [-0.4, -0.2) is 57.7 Å². The van der Waals surface area contributed by atoms with E-state index in [0.717, 1.165) is 58.0 Å². The van der Waals surface area contributed by atoms with E-state index in [0.29, 0.717) is 6.54 Å². The summed E-state index contributed by atoms with van der Waals surface area (Å²) in [6, 6.07) is 0.00732. The molecule has 0 aromatic heterocycles. The van der Waals surface area contributed by atoms with Crippen LogP contribution in [0.2, 0.25) is 0 Å². The largest absolute Gasteiger partial charge is 0.338 e. The summed E-state index contributed by atoms with van der Waals surface area (Å²) in [4.78, 5) is 14.5. The molecule has 2 aliphatic rings. The van der Waals surface area contributed by atoms with Gasteiger partial charge < -0.3 is 10.2 Å². The zero-order valence-electron chi connectivity index (χ0n) is 12.1. The van der Waals surface area contributed by atoms with Crippen LogP contribution >= 0.6 is 0 Å². The molecule has 2 aliphatic heterocycles. The Morgan fingerprint density at radius 2 is 2.10 bits per heavy atom. The third-order valence-corrected chi connectivity index (χ3v) is 4.83. The fourth-order valence-corrected chi connectivity index (χ4v) is 3.54. The van der Waals surface area contributed by atoms with E-state index in [1.54, 1.807) is 0 Å². The first-order chi connectivity index (χ1) is 9.47. The lowest BCUT2D eigenvalue weighted by atomic mass is 9.94. The molecule has 2 N–H and O–H groups in total. The van der Waals surface area contributed by atoms with Crippen molar-refractivity contribution in [1.29, 1.82) is 0 Å². The number of carbonyl (C=O) groups is 1. The van der Waals surface area contributed by atoms with E-state index in [9.17, 15) is 13.2 Å². The molecule has 0 radical (unpaired) electrons. The molecule has 0 saturated carbocycles. The Balaban J connectivity index is 1.96. The lowest BCUT2D eigenvalue weighted by molar-refractivity contribution is -0.139. The SMILES string of the molecule is CS(=O)(=O)NCC1CCCCN1C(=O)C1CCCNC1. The van der Waals surface area contributed by atoms with Crippen LogP contribution in [0.3, 0.4) is 0 Å². The summed E-state index contributed by atoms with van der Waals surface area (Å²) in [6.45, 7) is 2.83. The van der Waals surface area contributed by atoms with Crippen molar-refractivity contribution in [2.45, 2.75) is 38.1 Å². The van der Waals surface area contributed by atoms with Crippen molar-refractivity contribution in [2.24, 2.45) is 5.92 Å². The number of hydrogen-bond acceptors (Lipinski definition) is 4. The normalized spacial score (nSPS) is 28.4. The van der Waals surface area contributed by atoms with Crippen molar-refractivity contribution in [2.75, 3.05) is 32.4 Å².